The number of halogens is 4. The highest BCUT2D eigenvalue weighted by molar-refractivity contribution is 5.87. The van der Waals surface area contributed by atoms with Gasteiger partial charge in [-0.05, 0) is 68.5 Å². The first-order valence-electron chi connectivity index (χ1n) is 9.36. The maximum Gasteiger partial charge on any atom is 0.228 e. The summed E-state index contributed by atoms with van der Waals surface area (Å²) in [6.45, 7) is 0. The van der Waals surface area contributed by atoms with Gasteiger partial charge in [-0.3, -0.25) is 4.79 Å². The van der Waals surface area contributed by atoms with Gasteiger partial charge < -0.3 is 5.73 Å². The SMILES string of the molecule is N#CC1(c2cc(F)ccc2F)CCC1.NC(=O)C1(c2cc(F)ccc2F)CCC1. The van der Waals surface area contributed by atoms with Crippen LogP contribution in [0, 0.1) is 34.6 Å². The Morgan fingerprint density at radius 3 is 1.72 bits per heavy atom. The molecule has 0 spiro atoms. The minimum Gasteiger partial charge on any atom is -0.369 e. The topological polar surface area (TPSA) is 66.9 Å². The maximum absolute atomic E-state index is 13.5. The molecule has 7 heteroatoms. The lowest BCUT2D eigenvalue weighted by Crippen LogP contribution is -2.47. The van der Waals surface area contributed by atoms with Crippen molar-refractivity contribution in [1.82, 2.24) is 0 Å². The van der Waals surface area contributed by atoms with Gasteiger partial charge in [0.2, 0.25) is 5.91 Å². The number of nitrogens with two attached hydrogens (primary N) is 1. The molecule has 2 aromatic carbocycles. The van der Waals surface area contributed by atoms with E-state index in [0.717, 1.165) is 49.2 Å². The Bertz CT molecular complexity index is 975. The van der Waals surface area contributed by atoms with E-state index in [1.54, 1.807) is 0 Å². The molecule has 0 radical (unpaired) electrons. The lowest BCUT2D eigenvalue weighted by atomic mass is 9.64. The number of nitriles is 1. The summed E-state index contributed by atoms with van der Waals surface area (Å²) in [5.41, 5.74) is 3.82. The summed E-state index contributed by atoms with van der Waals surface area (Å²) < 4.78 is 52.7. The fraction of sp³-hybridized carbons (Fsp3) is 0.364. The highest BCUT2D eigenvalue weighted by Gasteiger charge is 2.46. The molecule has 3 nitrogen and oxygen atoms in total. The molecule has 0 saturated heterocycles. The van der Waals surface area contributed by atoms with E-state index >= 15 is 0 Å². The zero-order valence-corrected chi connectivity index (χ0v) is 15.7. The molecule has 0 atom stereocenters. The van der Waals surface area contributed by atoms with E-state index in [9.17, 15) is 22.4 Å². The molecule has 1 amide bonds. The fourth-order valence-corrected chi connectivity index (χ4v) is 3.88. The van der Waals surface area contributed by atoms with Crippen LogP contribution in [0.2, 0.25) is 0 Å². The van der Waals surface area contributed by atoms with Crippen LogP contribution in [0.4, 0.5) is 17.6 Å². The number of hydrogen-bond acceptors (Lipinski definition) is 2. The molecule has 2 aliphatic rings. The Kier molecular flexibility index (Phi) is 5.65. The molecular weight excluding hydrogens is 384 g/mol. The van der Waals surface area contributed by atoms with Crippen LogP contribution in [0.15, 0.2) is 36.4 Å². The average Bonchev–Trinajstić information content (AvgIpc) is 2.60. The molecule has 2 aromatic rings. The third-order valence-electron chi connectivity index (χ3n) is 5.99. The molecule has 0 bridgehead atoms. The summed E-state index contributed by atoms with van der Waals surface area (Å²) in [7, 11) is 0. The quantitative estimate of drug-likeness (QED) is 0.748. The van der Waals surface area contributed by atoms with Crippen LogP contribution >= 0.6 is 0 Å². The third kappa shape index (κ3) is 3.71. The van der Waals surface area contributed by atoms with Crippen molar-refractivity contribution in [2.45, 2.75) is 49.4 Å². The normalized spacial score (nSPS) is 18.3. The second kappa shape index (κ2) is 7.86. The molecule has 2 aliphatic carbocycles. The fourth-order valence-electron chi connectivity index (χ4n) is 3.88. The Labute approximate surface area is 166 Å². The average molecular weight is 404 g/mol. The summed E-state index contributed by atoms with van der Waals surface area (Å²) in [5, 5.41) is 8.97. The van der Waals surface area contributed by atoms with E-state index in [2.05, 4.69) is 6.07 Å². The first kappa shape index (κ1) is 20.8. The number of benzene rings is 2. The second-order valence-corrected chi connectivity index (χ2v) is 7.60. The number of rotatable bonds is 3. The van der Waals surface area contributed by atoms with Gasteiger partial charge in [-0.25, -0.2) is 17.6 Å². The van der Waals surface area contributed by atoms with Crippen LogP contribution in [-0.4, -0.2) is 5.91 Å². The molecule has 2 saturated carbocycles. The molecule has 0 unspecified atom stereocenters. The van der Waals surface area contributed by atoms with Gasteiger partial charge in [0.25, 0.3) is 0 Å². The highest BCUT2D eigenvalue weighted by atomic mass is 19.1. The van der Waals surface area contributed by atoms with E-state index in [1.807, 2.05) is 0 Å². The monoisotopic (exact) mass is 404 g/mol. The molecule has 29 heavy (non-hydrogen) atoms. The van der Waals surface area contributed by atoms with Crippen LogP contribution in [-0.2, 0) is 15.6 Å². The summed E-state index contributed by atoms with van der Waals surface area (Å²) in [5.74, 6) is -2.64. The van der Waals surface area contributed by atoms with Crippen molar-refractivity contribution in [1.29, 1.82) is 5.26 Å². The molecule has 0 aliphatic heterocycles. The van der Waals surface area contributed by atoms with Crippen molar-refractivity contribution in [2.75, 3.05) is 0 Å². The van der Waals surface area contributed by atoms with Crippen LogP contribution in [0.5, 0.6) is 0 Å². The lowest BCUT2D eigenvalue weighted by molar-refractivity contribution is -0.126. The third-order valence-corrected chi connectivity index (χ3v) is 5.99. The van der Waals surface area contributed by atoms with E-state index in [1.165, 1.54) is 0 Å². The summed E-state index contributed by atoms with van der Waals surface area (Å²) in [6, 6.07) is 8.52. The van der Waals surface area contributed by atoms with E-state index in [4.69, 9.17) is 11.0 Å². The Morgan fingerprint density at radius 1 is 0.862 bits per heavy atom. The standard InChI is InChI=1S/C11H11F2NO.C11H9F2N/c12-7-2-3-9(13)8(6-7)11(10(14)15)4-1-5-11;12-8-2-3-10(13)9(6-8)11(7-14)4-1-5-11/h2-3,6H,1,4-5H2,(H2,14,15);2-3,6H,1,4-5H2. The van der Waals surface area contributed by atoms with Gasteiger partial charge in [-0.2, -0.15) is 5.26 Å². The van der Waals surface area contributed by atoms with Crippen molar-refractivity contribution in [3.8, 4) is 6.07 Å². The molecule has 2 fully saturated rings. The predicted molar refractivity (Wildman–Crippen MR) is 98.6 cm³/mol. The molecule has 0 heterocycles. The van der Waals surface area contributed by atoms with Gasteiger partial charge in [0.1, 0.15) is 23.3 Å². The summed E-state index contributed by atoms with van der Waals surface area (Å²) in [4.78, 5) is 11.3. The van der Waals surface area contributed by atoms with Crippen molar-refractivity contribution >= 4 is 5.91 Å². The molecule has 152 valence electrons. The Balaban J connectivity index is 0.000000166. The largest absolute Gasteiger partial charge is 0.369 e. The maximum atomic E-state index is 13.5. The first-order valence-corrected chi connectivity index (χ1v) is 9.36. The van der Waals surface area contributed by atoms with Crippen molar-refractivity contribution in [3.63, 3.8) is 0 Å². The molecule has 2 N–H and O–H groups in total. The summed E-state index contributed by atoms with van der Waals surface area (Å²) in [6.07, 6.45) is 3.99. The van der Waals surface area contributed by atoms with Gasteiger partial charge in [-0.15, -0.1) is 0 Å². The number of carbonyl (C=O) groups excluding carboxylic acids is 1. The summed E-state index contributed by atoms with van der Waals surface area (Å²) >= 11 is 0. The number of carbonyl (C=O) groups is 1. The lowest BCUT2D eigenvalue weighted by Gasteiger charge is -2.39. The van der Waals surface area contributed by atoms with Crippen molar-refractivity contribution < 1.29 is 22.4 Å². The van der Waals surface area contributed by atoms with Gasteiger partial charge in [0, 0.05) is 11.1 Å². The van der Waals surface area contributed by atoms with Crippen LogP contribution in [0.1, 0.15) is 49.7 Å². The molecular formula is C22H20F4N2O. The van der Waals surface area contributed by atoms with Gasteiger partial charge in [-0.1, -0.05) is 6.42 Å². The highest BCUT2D eigenvalue weighted by Crippen LogP contribution is 2.45. The van der Waals surface area contributed by atoms with Gasteiger partial charge in [0.15, 0.2) is 0 Å². The second-order valence-electron chi connectivity index (χ2n) is 7.60. The van der Waals surface area contributed by atoms with Gasteiger partial charge in [0.05, 0.1) is 16.9 Å². The minimum atomic E-state index is -0.980. The number of hydrogen-bond donors (Lipinski definition) is 1. The van der Waals surface area contributed by atoms with Gasteiger partial charge >= 0.3 is 0 Å². The van der Waals surface area contributed by atoms with Crippen molar-refractivity contribution in [3.05, 3.63) is 70.8 Å². The Morgan fingerprint density at radius 2 is 1.34 bits per heavy atom. The molecule has 4 rings (SSSR count). The van der Waals surface area contributed by atoms with E-state index < -0.39 is 40.0 Å². The van der Waals surface area contributed by atoms with Crippen LogP contribution in [0.3, 0.4) is 0 Å². The minimum absolute atomic E-state index is 0.0984. The van der Waals surface area contributed by atoms with E-state index in [0.29, 0.717) is 25.7 Å². The zero-order valence-electron chi connectivity index (χ0n) is 15.7. The van der Waals surface area contributed by atoms with E-state index in [-0.39, 0.29) is 11.1 Å². The number of primary amides is 1. The first-order chi connectivity index (χ1) is 13.7. The zero-order chi connectivity index (χ0) is 21.2. The predicted octanol–water partition coefficient (Wildman–Crippen LogP) is 4.78. The van der Waals surface area contributed by atoms with Crippen LogP contribution in [0.25, 0.3) is 0 Å². The smallest absolute Gasteiger partial charge is 0.228 e. The number of amides is 1. The van der Waals surface area contributed by atoms with Crippen molar-refractivity contribution in [2.24, 2.45) is 5.73 Å². The van der Waals surface area contributed by atoms with Crippen LogP contribution < -0.4 is 5.73 Å². The molecule has 0 aromatic heterocycles. The Hall–Kier alpha value is -2.88. The number of nitrogens with zero attached hydrogens (tertiary/aromatic N) is 1.